The molecule has 0 fully saturated rings. The number of aromatic nitrogens is 1. The molecule has 4 aromatic rings. The van der Waals surface area contributed by atoms with Crippen LogP contribution in [-0.4, -0.2) is 25.4 Å². The van der Waals surface area contributed by atoms with Crippen molar-refractivity contribution >= 4 is 27.0 Å². The maximum absolute atomic E-state index is 12.7. The Labute approximate surface area is 197 Å². The second-order valence-corrected chi connectivity index (χ2v) is 9.75. The van der Waals surface area contributed by atoms with E-state index < -0.39 is 15.8 Å². The average molecular weight is 480 g/mol. The van der Waals surface area contributed by atoms with Gasteiger partial charge >= 0.3 is 5.76 Å². The first kappa shape index (κ1) is 23.5. The number of hydrogen-bond donors (Lipinski definition) is 2. The van der Waals surface area contributed by atoms with Crippen molar-refractivity contribution in [1.29, 1.82) is 0 Å². The topological polar surface area (TPSA) is 110 Å². The number of carbonyl (C=O) groups is 1. The highest BCUT2D eigenvalue weighted by Gasteiger charge is 2.18. The Morgan fingerprint density at radius 2 is 1.71 bits per heavy atom. The summed E-state index contributed by atoms with van der Waals surface area (Å²) >= 11 is 0. The highest BCUT2D eigenvalue weighted by Crippen LogP contribution is 2.19. The summed E-state index contributed by atoms with van der Waals surface area (Å²) in [6.45, 7) is 2.35. The lowest BCUT2D eigenvalue weighted by atomic mass is 10.1. The molecule has 0 aliphatic heterocycles. The van der Waals surface area contributed by atoms with Crippen LogP contribution < -0.4 is 15.8 Å². The monoisotopic (exact) mass is 479 g/mol. The number of nitrogens with one attached hydrogen (secondary N) is 2. The van der Waals surface area contributed by atoms with E-state index in [0.717, 1.165) is 11.1 Å². The lowest BCUT2D eigenvalue weighted by molar-refractivity contribution is -0.121. The molecule has 0 unspecified atom stereocenters. The molecule has 0 saturated carbocycles. The second-order valence-electron chi connectivity index (χ2n) is 7.98. The van der Waals surface area contributed by atoms with Crippen LogP contribution in [0.15, 0.2) is 86.9 Å². The van der Waals surface area contributed by atoms with E-state index in [-0.39, 0.29) is 29.5 Å². The molecule has 1 heterocycles. The normalized spacial score (nSPS) is 11.6. The average Bonchev–Trinajstić information content (AvgIpc) is 3.14. The van der Waals surface area contributed by atoms with E-state index in [4.69, 9.17) is 4.42 Å². The van der Waals surface area contributed by atoms with Crippen molar-refractivity contribution in [3.8, 4) is 0 Å². The first-order valence-electron chi connectivity index (χ1n) is 10.8. The summed E-state index contributed by atoms with van der Waals surface area (Å²) in [5.41, 5.74) is 3.53. The number of aryl methyl sites for hydroxylation is 1. The molecule has 0 atom stereocenters. The van der Waals surface area contributed by atoms with Crippen LogP contribution in [0.4, 0.5) is 0 Å². The third kappa shape index (κ3) is 5.62. The Morgan fingerprint density at radius 3 is 2.44 bits per heavy atom. The van der Waals surface area contributed by atoms with Crippen LogP contribution in [0.2, 0.25) is 0 Å². The molecular weight excluding hydrogens is 454 g/mol. The fourth-order valence-corrected chi connectivity index (χ4v) is 4.55. The van der Waals surface area contributed by atoms with Gasteiger partial charge in [-0.2, -0.15) is 0 Å². The molecule has 0 bridgehead atoms. The first-order chi connectivity index (χ1) is 16.3. The predicted molar refractivity (Wildman–Crippen MR) is 129 cm³/mol. The molecule has 176 valence electrons. The minimum atomic E-state index is -3.82. The van der Waals surface area contributed by atoms with E-state index in [2.05, 4.69) is 10.0 Å². The quantitative estimate of drug-likeness (QED) is 0.384. The van der Waals surface area contributed by atoms with E-state index in [1.165, 1.54) is 28.3 Å². The maximum atomic E-state index is 12.7. The number of fused-ring (bicyclic) bond motifs is 1. The molecule has 0 aliphatic rings. The number of oxazole rings is 1. The number of carbonyl (C=O) groups excluding carboxylic acids is 1. The molecule has 0 saturated heterocycles. The number of benzene rings is 3. The third-order valence-electron chi connectivity index (χ3n) is 5.42. The molecule has 1 aromatic heterocycles. The minimum Gasteiger partial charge on any atom is -0.408 e. The summed E-state index contributed by atoms with van der Waals surface area (Å²) in [6, 6.07) is 21.3. The van der Waals surface area contributed by atoms with Crippen molar-refractivity contribution in [3.05, 3.63) is 100 Å². The molecule has 8 nitrogen and oxygen atoms in total. The van der Waals surface area contributed by atoms with E-state index >= 15 is 0 Å². The first-order valence-corrected chi connectivity index (χ1v) is 12.3. The summed E-state index contributed by atoms with van der Waals surface area (Å²) in [7, 11) is -3.82. The van der Waals surface area contributed by atoms with E-state index in [0.29, 0.717) is 18.5 Å². The maximum Gasteiger partial charge on any atom is 0.420 e. The Kier molecular flexibility index (Phi) is 6.95. The van der Waals surface area contributed by atoms with Crippen LogP contribution in [0.25, 0.3) is 11.1 Å². The molecule has 0 spiro atoms. The Morgan fingerprint density at radius 1 is 0.971 bits per heavy atom. The van der Waals surface area contributed by atoms with E-state index in [1.54, 1.807) is 0 Å². The van der Waals surface area contributed by atoms with Gasteiger partial charge in [0.1, 0.15) is 6.54 Å². The van der Waals surface area contributed by atoms with Gasteiger partial charge in [0.25, 0.3) is 0 Å². The smallest absolute Gasteiger partial charge is 0.408 e. The lowest BCUT2D eigenvalue weighted by Gasteiger charge is -2.08. The highest BCUT2D eigenvalue weighted by molar-refractivity contribution is 7.89. The number of sulfonamides is 1. The zero-order chi connectivity index (χ0) is 24.1. The number of amides is 1. The Balaban J connectivity index is 1.42. The van der Waals surface area contributed by atoms with Crippen molar-refractivity contribution in [2.24, 2.45) is 0 Å². The molecule has 2 N–H and O–H groups in total. The fraction of sp³-hybridized carbons (Fsp3) is 0.200. The van der Waals surface area contributed by atoms with Gasteiger partial charge in [0.15, 0.2) is 5.58 Å². The Hall–Kier alpha value is -3.69. The van der Waals surface area contributed by atoms with Crippen molar-refractivity contribution in [3.63, 3.8) is 0 Å². The largest absolute Gasteiger partial charge is 0.420 e. The summed E-state index contributed by atoms with van der Waals surface area (Å²) in [5.74, 6) is -1.06. The van der Waals surface area contributed by atoms with Crippen LogP contribution in [0.1, 0.15) is 16.7 Å². The van der Waals surface area contributed by atoms with Gasteiger partial charge in [0.05, 0.1) is 10.4 Å². The standard InChI is InChI=1S/C25H25N3O5S/c1-18-7-9-19(10-8-18)13-14-26-24(29)17-28-22-12-11-21(15-23(22)33-25(28)30)34(31,32)27-16-20-5-3-2-4-6-20/h2-12,15,27H,13-14,16-17H2,1H3,(H,26,29). The molecule has 4 rings (SSSR count). The number of rotatable bonds is 9. The number of hydrogen-bond acceptors (Lipinski definition) is 5. The van der Waals surface area contributed by atoms with Crippen molar-refractivity contribution in [2.45, 2.75) is 31.3 Å². The predicted octanol–water partition coefficient (Wildman–Crippen LogP) is 2.74. The molecule has 9 heteroatoms. The van der Waals surface area contributed by atoms with Gasteiger partial charge in [0, 0.05) is 19.2 Å². The second kappa shape index (κ2) is 10.1. The summed E-state index contributed by atoms with van der Waals surface area (Å²) < 4.78 is 34.3. The molecule has 1 amide bonds. The number of nitrogens with zero attached hydrogens (tertiary/aromatic N) is 1. The van der Waals surface area contributed by atoms with Gasteiger partial charge in [-0.1, -0.05) is 60.2 Å². The van der Waals surface area contributed by atoms with Crippen LogP contribution in [-0.2, 0) is 34.3 Å². The zero-order valence-electron chi connectivity index (χ0n) is 18.7. The van der Waals surface area contributed by atoms with Crippen molar-refractivity contribution in [1.82, 2.24) is 14.6 Å². The van der Waals surface area contributed by atoms with Gasteiger partial charge in [0.2, 0.25) is 15.9 Å². The fourth-order valence-electron chi connectivity index (χ4n) is 3.52. The summed E-state index contributed by atoms with van der Waals surface area (Å²) in [6.07, 6.45) is 0.671. The van der Waals surface area contributed by atoms with E-state index in [9.17, 15) is 18.0 Å². The molecule has 0 radical (unpaired) electrons. The molecule has 34 heavy (non-hydrogen) atoms. The van der Waals surface area contributed by atoms with Gasteiger partial charge < -0.3 is 9.73 Å². The van der Waals surface area contributed by atoms with Crippen LogP contribution in [0, 0.1) is 6.92 Å². The van der Waals surface area contributed by atoms with Crippen molar-refractivity contribution < 1.29 is 17.6 Å². The molecule has 3 aromatic carbocycles. The zero-order valence-corrected chi connectivity index (χ0v) is 19.5. The van der Waals surface area contributed by atoms with Crippen LogP contribution >= 0.6 is 0 Å². The third-order valence-corrected chi connectivity index (χ3v) is 6.82. The van der Waals surface area contributed by atoms with Gasteiger partial charge in [-0.3, -0.25) is 9.36 Å². The summed E-state index contributed by atoms with van der Waals surface area (Å²) in [4.78, 5) is 24.7. The van der Waals surface area contributed by atoms with Gasteiger partial charge in [-0.05, 0) is 36.6 Å². The Bertz CT molecular complexity index is 1460. The van der Waals surface area contributed by atoms with E-state index in [1.807, 2.05) is 61.5 Å². The lowest BCUT2D eigenvalue weighted by Crippen LogP contribution is -2.32. The molecular formula is C25H25N3O5S. The molecule has 0 aliphatic carbocycles. The minimum absolute atomic E-state index is 0.0284. The van der Waals surface area contributed by atoms with Crippen LogP contribution in [0.5, 0.6) is 0 Å². The van der Waals surface area contributed by atoms with Crippen LogP contribution in [0.3, 0.4) is 0 Å². The highest BCUT2D eigenvalue weighted by atomic mass is 32.2. The SMILES string of the molecule is Cc1ccc(CCNC(=O)Cn2c(=O)oc3cc(S(=O)(=O)NCc4ccccc4)ccc32)cc1. The van der Waals surface area contributed by atoms with Gasteiger partial charge in [-0.15, -0.1) is 0 Å². The summed E-state index contributed by atoms with van der Waals surface area (Å²) in [5, 5.41) is 2.80. The van der Waals surface area contributed by atoms with Gasteiger partial charge in [-0.25, -0.2) is 17.9 Å². The van der Waals surface area contributed by atoms with Crippen molar-refractivity contribution in [2.75, 3.05) is 6.54 Å².